The molecule has 0 radical (unpaired) electrons. The zero-order valence-electron chi connectivity index (χ0n) is 10.9. The van der Waals surface area contributed by atoms with E-state index in [4.69, 9.17) is 0 Å². The third-order valence-electron chi connectivity index (χ3n) is 2.49. The molecule has 0 bridgehead atoms. The number of hydrogen-bond acceptors (Lipinski definition) is 1. The number of ether oxygens (including phenoxy) is 1. The molecule has 1 nitrogen and oxygen atoms in total. The molecule has 0 unspecified atom stereocenters. The highest BCUT2D eigenvalue weighted by atomic mass is 19.4. The lowest BCUT2D eigenvalue weighted by atomic mass is 10.1. The Bertz CT molecular complexity index is 441. The molecule has 0 N–H and O–H groups in total. The van der Waals surface area contributed by atoms with Gasteiger partial charge in [-0.25, -0.2) is 0 Å². The first kappa shape index (κ1) is 15.4. The van der Waals surface area contributed by atoms with E-state index in [2.05, 4.69) is 23.5 Å². The minimum atomic E-state index is -4.68. The smallest absolute Gasteiger partial charge is 0.404 e. The summed E-state index contributed by atoms with van der Waals surface area (Å²) in [7, 11) is 0. The summed E-state index contributed by atoms with van der Waals surface area (Å²) in [6.45, 7) is 2.12. The van der Waals surface area contributed by atoms with Crippen LogP contribution in [0.3, 0.4) is 0 Å². The van der Waals surface area contributed by atoms with Gasteiger partial charge in [0, 0.05) is 6.42 Å². The van der Waals surface area contributed by atoms with Crippen molar-refractivity contribution in [3.8, 4) is 17.6 Å². The van der Waals surface area contributed by atoms with Gasteiger partial charge in [-0.05, 0) is 18.6 Å². The summed E-state index contributed by atoms with van der Waals surface area (Å²) in [5, 5.41) is 0. The van der Waals surface area contributed by atoms with Crippen LogP contribution in [0.4, 0.5) is 13.2 Å². The van der Waals surface area contributed by atoms with Crippen LogP contribution >= 0.6 is 0 Å². The summed E-state index contributed by atoms with van der Waals surface area (Å²) in [6, 6.07) is 5.94. The number of para-hydroxylation sites is 1. The lowest BCUT2D eigenvalue weighted by Crippen LogP contribution is -2.17. The predicted molar refractivity (Wildman–Crippen MR) is 68.8 cm³/mol. The van der Waals surface area contributed by atoms with Gasteiger partial charge >= 0.3 is 6.36 Å². The fourth-order valence-electron chi connectivity index (χ4n) is 1.58. The molecule has 1 rings (SSSR count). The van der Waals surface area contributed by atoms with Crippen LogP contribution in [0.15, 0.2) is 24.3 Å². The summed E-state index contributed by atoms with van der Waals surface area (Å²) in [6.07, 6.45) is 0.402. The molecule has 0 aliphatic heterocycles. The van der Waals surface area contributed by atoms with Crippen LogP contribution in [0, 0.1) is 11.8 Å². The van der Waals surface area contributed by atoms with Crippen molar-refractivity contribution in [3.05, 3.63) is 29.8 Å². The quantitative estimate of drug-likeness (QED) is 0.546. The van der Waals surface area contributed by atoms with Gasteiger partial charge in [-0.15, -0.1) is 13.2 Å². The van der Waals surface area contributed by atoms with Crippen LogP contribution < -0.4 is 4.74 Å². The van der Waals surface area contributed by atoms with Crippen LogP contribution in [-0.4, -0.2) is 6.36 Å². The summed E-state index contributed by atoms with van der Waals surface area (Å²) in [4.78, 5) is 0. The van der Waals surface area contributed by atoms with Crippen molar-refractivity contribution in [1.82, 2.24) is 0 Å². The molecule has 0 aromatic heterocycles. The second-order valence-electron chi connectivity index (χ2n) is 4.16. The monoisotopic (exact) mass is 270 g/mol. The Balaban J connectivity index is 2.60. The lowest BCUT2D eigenvalue weighted by Gasteiger charge is -2.09. The third-order valence-corrected chi connectivity index (χ3v) is 2.49. The first-order valence-corrected chi connectivity index (χ1v) is 6.36. The molecule has 1 aromatic rings. The number of unbranched alkanes of at least 4 members (excludes halogenated alkanes) is 4. The zero-order valence-corrected chi connectivity index (χ0v) is 10.9. The van der Waals surface area contributed by atoms with Crippen LogP contribution in [-0.2, 0) is 0 Å². The Labute approximate surface area is 111 Å². The highest BCUT2D eigenvalue weighted by Crippen LogP contribution is 2.25. The van der Waals surface area contributed by atoms with E-state index in [0.29, 0.717) is 6.42 Å². The number of benzene rings is 1. The van der Waals surface area contributed by atoms with Crippen molar-refractivity contribution in [2.45, 2.75) is 45.4 Å². The summed E-state index contributed by atoms with van der Waals surface area (Å²) < 4.78 is 40.5. The Kier molecular flexibility index (Phi) is 6.27. The van der Waals surface area contributed by atoms with Gasteiger partial charge < -0.3 is 4.74 Å². The SMILES string of the molecule is CCCCCCC#Cc1ccccc1OC(F)(F)F. The zero-order chi connectivity index (χ0) is 14.1. The lowest BCUT2D eigenvalue weighted by molar-refractivity contribution is -0.274. The third kappa shape index (κ3) is 6.76. The molecule has 4 heteroatoms. The van der Waals surface area contributed by atoms with E-state index in [1.807, 2.05) is 0 Å². The molecule has 1 aromatic carbocycles. The minimum Gasteiger partial charge on any atom is -0.404 e. The average molecular weight is 270 g/mol. The number of hydrogen-bond donors (Lipinski definition) is 0. The Morgan fingerprint density at radius 1 is 1.11 bits per heavy atom. The number of rotatable bonds is 5. The van der Waals surface area contributed by atoms with Crippen molar-refractivity contribution in [2.24, 2.45) is 0 Å². The fraction of sp³-hybridized carbons (Fsp3) is 0.467. The first-order valence-electron chi connectivity index (χ1n) is 6.36. The highest BCUT2D eigenvalue weighted by molar-refractivity contribution is 5.45. The molecule has 0 atom stereocenters. The van der Waals surface area contributed by atoms with Gasteiger partial charge in [0.05, 0.1) is 5.56 Å². The maximum atomic E-state index is 12.2. The molecule has 0 saturated heterocycles. The maximum Gasteiger partial charge on any atom is 0.573 e. The van der Waals surface area contributed by atoms with Crippen LogP contribution in [0.2, 0.25) is 0 Å². The van der Waals surface area contributed by atoms with Crippen molar-refractivity contribution < 1.29 is 17.9 Å². The molecule has 19 heavy (non-hydrogen) atoms. The standard InChI is InChI=1S/C15H17F3O/c1-2-3-4-5-6-7-10-13-11-8-9-12-14(13)19-15(16,17)18/h8-9,11-12H,2-6H2,1H3. The van der Waals surface area contributed by atoms with E-state index in [1.54, 1.807) is 6.07 Å². The molecule has 104 valence electrons. The number of alkyl halides is 3. The van der Waals surface area contributed by atoms with Gasteiger partial charge in [0.2, 0.25) is 0 Å². The van der Waals surface area contributed by atoms with Crippen molar-refractivity contribution >= 4 is 0 Å². The molecule has 0 aliphatic rings. The van der Waals surface area contributed by atoms with Gasteiger partial charge in [0.25, 0.3) is 0 Å². The highest BCUT2D eigenvalue weighted by Gasteiger charge is 2.31. The van der Waals surface area contributed by atoms with E-state index in [0.717, 1.165) is 25.7 Å². The van der Waals surface area contributed by atoms with Crippen LogP contribution in [0.25, 0.3) is 0 Å². The molecule has 0 heterocycles. The summed E-state index contributed by atoms with van der Waals surface area (Å²) >= 11 is 0. The van der Waals surface area contributed by atoms with Gasteiger partial charge in [-0.3, -0.25) is 0 Å². The van der Waals surface area contributed by atoms with Gasteiger partial charge in [0.1, 0.15) is 5.75 Å². The first-order chi connectivity index (χ1) is 9.03. The second kappa shape index (κ2) is 7.73. The Morgan fingerprint density at radius 3 is 2.53 bits per heavy atom. The van der Waals surface area contributed by atoms with Crippen molar-refractivity contribution in [3.63, 3.8) is 0 Å². The summed E-state index contributed by atoms with van der Waals surface area (Å²) in [5.74, 6) is 5.39. The van der Waals surface area contributed by atoms with Crippen molar-refractivity contribution in [2.75, 3.05) is 0 Å². The second-order valence-corrected chi connectivity index (χ2v) is 4.16. The molecular weight excluding hydrogens is 253 g/mol. The molecule has 0 amide bonds. The largest absolute Gasteiger partial charge is 0.573 e. The van der Waals surface area contributed by atoms with Gasteiger partial charge in [-0.1, -0.05) is 50.2 Å². The maximum absolute atomic E-state index is 12.2. The van der Waals surface area contributed by atoms with Crippen molar-refractivity contribution in [1.29, 1.82) is 0 Å². The van der Waals surface area contributed by atoms with E-state index >= 15 is 0 Å². The van der Waals surface area contributed by atoms with E-state index < -0.39 is 6.36 Å². The fourth-order valence-corrected chi connectivity index (χ4v) is 1.58. The Morgan fingerprint density at radius 2 is 1.84 bits per heavy atom. The predicted octanol–water partition coefficient (Wildman–Crippen LogP) is 4.91. The minimum absolute atomic E-state index is 0.240. The molecule has 0 fully saturated rings. The molecule has 0 saturated carbocycles. The molecule has 0 aliphatic carbocycles. The average Bonchev–Trinajstić information content (AvgIpc) is 2.33. The molecular formula is C15H17F3O. The van der Waals surface area contributed by atoms with Gasteiger partial charge in [0.15, 0.2) is 0 Å². The van der Waals surface area contributed by atoms with E-state index in [-0.39, 0.29) is 11.3 Å². The number of halogens is 3. The van der Waals surface area contributed by atoms with E-state index in [9.17, 15) is 13.2 Å². The Hall–Kier alpha value is -1.63. The summed E-state index contributed by atoms with van der Waals surface area (Å²) in [5.41, 5.74) is 0.273. The van der Waals surface area contributed by atoms with Gasteiger partial charge in [-0.2, -0.15) is 0 Å². The van der Waals surface area contributed by atoms with Crippen LogP contribution in [0.5, 0.6) is 5.75 Å². The topological polar surface area (TPSA) is 9.23 Å². The van der Waals surface area contributed by atoms with E-state index in [1.165, 1.54) is 18.2 Å². The normalized spacial score (nSPS) is 10.7. The molecule has 0 spiro atoms. The van der Waals surface area contributed by atoms with Crippen LogP contribution in [0.1, 0.15) is 44.6 Å².